The molecule has 4 N–H and O–H groups in total. The van der Waals surface area contributed by atoms with Crippen molar-refractivity contribution in [1.82, 2.24) is 10.6 Å². The topological polar surface area (TPSA) is 118 Å². The Morgan fingerprint density at radius 2 is 1.91 bits per heavy atom. The summed E-state index contributed by atoms with van der Waals surface area (Å²) in [5, 5.41) is 10.0. The van der Waals surface area contributed by atoms with Crippen molar-refractivity contribution in [2.24, 2.45) is 5.14 Å². The van der Waals surface area contributed by atoms with Gasteiger partial charge in [-0.1, -0.05) is 0 Å². The van der Waals surface area contributed by atoms with Crippen LogP contribution in [-0.4, -0.2) is 32.8 Å². The number of benzene rings is 1. The molecule has 0 saturated carbocycles. The van der Waals surface area contributed by atoms with Gasteiger partial charge in [0.2, 0.25) is 15.9 Å². The normalized spacial score (nSPS) is 11.9. The summed E-state index contributed by atoms with van der Waals surface area (Å²) in [6.45, 7) is 3.35. The summed E-state index contributed by atoms with van der Waals surface area (Å²) in [7, 11) is -2.54. The highest BCUT2D eigenvalue weighted by molar-refractivity contribution is 7.89. The first-order valence-electron chi connectivity index (χ1n) is 6.82. The van der Waals surface area contributed by atoms with Crippen LogP contribution in [0.1, 0.15) is 37.0 Å². The zero-order chi connectivity index (χ0) is 17.8. The zero-order valence-corrected chi connectivity index (χ0v) is 14.0. The van der Waals surface area contributed by atoms with Gasteiger partial charge in [-0.25, -0.2) is 17.9 Å². The number of nitrogens with one attached hydrogen (secondary N) is 2. The van der Waals surface area contributed by atoms with E-state index in [-0.39, 0.29) is 17.2 Å². The van der Waals surface area contributed by atoms with Crippen LogP contribution in [-0.2, 0) is 14.8 Å². The average molecular weight is 345 g/mol. The Labute approximate surface area is 134 Å². The van der Waals surface area contributed by atoms with Crippen LogP contribution >= 0.6 is 0 Å². The first-order valence-corrected chi connectivity index (χ1v) is 8.36. The smallest absolute Gasteiger partial charge is 0.254 e. The number of carbonyl (C=O) groups is 2. The van der Waals surface area contributed by atoms with Gasteiger partial charge in [0.25, 0.3) is 5.91 Å². The lowest BCUT2D eigenvalue weighted by atomic mass is 9.97. The van der Waals surface area contributed by atoms with E-state index in [0.717, 1.165) is 18.2 Å². The molecular formula is C14H20FN3O4S. The lowest BCUT2D eigenvalue weighted by Gasteiger charge is -2.26. The number of hydrogen-bond donors (Lipinski definition) is 3. The third kappa shape index (κ3) is 5.61. The minimum absolute atomic E-state index is 0.184. The number of halogens is 1. The molecule has 0 bridgehead atoms. The monoisotopic (exact) mass is 345 g/mol. The van der Waals surface area contributed by atoms with Crippen molar-refractivity contribution in [1.29, 1.82) is 0 Å². The SMILES string of the molecule is CNC(=O)CCC(C)(C)NC(=O)c1cc(S(N)(=O)=O)ccc1F. The van der Waals surface area contributed by atoms with Crippen LogP contribution in [0.3, 0.4) is 0 Å². The minimum atomic E-state index is -4.04. The zero-order valence-electron chi connectivity index (χ0n) is 13.1. The highest BCUT2D eigenvalue weighted by Crippen LogP contribution is 2.17. The Hall–Kier alpha value is -2.00. The first-order chi connectivity index (χ1) is 10.5. The van der Waals surface area contributed by atoms with Crippen LogP contribution in [0.5, 0.6) is 0 Å². The second-order valence-electron chi connectivity index (χ2n) is 5.70. The summed E-state index contributed by atoms with van der Waals surface area (Å²) in [5.41, 5.74) is -1.21. The molecular weight excluding hydrogens is 325 g/mol. The molecule has 0 atom stereocenters. The van der Waals surface area contributed by atoms with E-state index in [4.69, 9.17) is 5.14 Å². The molecule has 0 saturated heterocycles. The fourth-order valence-electron chi connectivity index (χ4n) is 1.84. The van der Waals surface area contributed by atoms with Gasteiger partial charge >= 0.3 is 0 Å². The second-order valence-corrected chi connectivity index (χ2v) is 7.26. The number of carbonyl (C=O) groups excluding carboxylic acids is 2. The molecule has 1 rings (SSSR count). The maximum Gasteiger partial charge on any atom is 0.254 e. The molecule has 128 valence electrons. The lowest BCUT2D eigenvalue weighted by molar-refractivity contribution is -0.121. The molecule has 9 heteroatoms. The fourth-order valence-corrected chi connectivity index (χ4v) is 2.38. The van der Waals surface area contributed by atoms with Crippen LogP contribution in [0, 0.1) is 5.82 Å². The Morgan fingerprint density at radius 3 is 2.43 bits per heavy atom. The quantitative estimate of drug-likeness (QED) is 0.696. The predicted octanol–water partition coefficient (Wildman–Crippen LogP) is 0.508. The summed E-state index contributed by atoms with van der Waals surface area (Å²) in [4.78, 5) is 23.1. The molecule has 1 aromatic rings. The third-order valence-electron chi connectivity index (χ3n) is 3.22. The van der Waals surface area contributed by atoms with Crippen LogP contribution < -0.4 is 15.8 Å². The molecule has 0 aromatic heterocycles. The van der Waals surface area contributed by atoms with Gasteiger partial charge in [0.05, 0.1) is 10.5 Å². The van der Waals surface area contributed by atoms with Gasteiger partial charge in [-0.05, 0) is 38.5 Å². The summed E-state index contributed by atoms with van der Waals surface area (Å²) >= 11 is 0. The van der Waals surface area contributed by atoms with Gasteiger partial charge in [-0.15, -0.1) is 0 Å². The molecule has 2 amide bonds. The number of amides is 2. The summed E-state index contributed by atoms with van der Waals surface area (Å²) in [6, 6.07) is 2.74. The van der Waals surface area contributed by atoms with Crippen LogP contribution in [0.2, 0.25) is 0 Å². The van der Waals surface area contributed by atoms with Gasteiger partial charge in [-0.2, -0.15) is 0 Å². The van der Waals surface area contributed by atoms with Crippen LogP contribution in [0.25, 0.3) is 0 Å². The number of nitrogens with two attached hydrogens (primary N) is 1. The molecule has 1 aromatic carbocycles. The average Bonchev–Trinajstić information content (AvgIpc) is 2.43. The Bertz CT molecular complexity index is 717. The van der Waals surface area contributed by atoms with E-state index in [1.165, 1.54) is 7.05 Å². The maximum atomic E-state index is 13.8. The second kappa shape index (κ2) is 7.05. The fraction of sp³-hybridized carbons (Fsp3) is 0.429. The first kappa shape index (κ1) is 19.0. The highest BCUT2D eigenvalue weighted by atomic mass is 32.2. The van der Waals surface area contributed by atoms with E-state index in [1.807, 2.05) is 0 Å². The largest absolute Gasteiger partial charge is 0.359 e. The summed E-state index contributed by atoms with van der Waals surface area (Å²) in [6.07, 6.45) is 0.512. The minimum Gasteiger partial charge on any atom is -0.359 e. The Morgan fingerprint density at radius 1 is 1.30 bits per heavy atom. The molecule has 7 nitrogen and oxygen atoms in total. The predicted molar refractivity (Wildman–Crippen MR) is 82.6 cm³/mol. The number of sulfonamides is 1. The summed E-state index contributed by atoms with van der Waals surface area (Å²) in [5.74, 6) is -1.83. The summed E-state index contributed by atoms with van der Waals surface area (Å²) < 4.78 is 36.4. The van der Waals surface area contributed by atoms with Gasteiger partial charge in [0.1, 0.15) is 5.82 Å². The Balaban J connectivity index is 2.95. The van der Waals surface area contributed by atoms with Gasteiger partial charge in [-0.3, -0.25) is 9.59 Å². The molecule has 0 aliphatic heterocycles. The third-order valence-corrected chi connectivity index (χ3v) is 4.13. The van der Waals surface area contributed by atoms with Crippen molar-refractivity contribution in [3.63, 3.8) is 0 Å². The number of primary sulfonamides is 1. The number of hydrogen-bond acceptors (Lipinski definition) is 4. The molecule has 0 heterocycles. The van der Waals surface area contributed by atoms with Gasteiger partial charge < -0.3 is 10.6 Å². The van der Waals surface area contributed by atoms with Gasteiger partial charge in [0.15, 0.2) is 0 Å². The molecule has 0 fully saturated rings. The van der Waals surface area contributed by atoms with Gasteiger partial charge in [0, 0.05) is 19.0 Å². The van der Waals surface area contributed by atoms with Crippen LogP contribution in [0.15, 0.2) is 23.1 Å². The van der Waals surface area contributed by atoms with Crippen molar-refractivity contribution in [2.75, 3.05) is 7.05 Å². The van der Waals surface area contributed by atoms with E-state index in [1.54, 1.807) is 13.8 Å². The molecule has 0 spiro atoms. The standard InChI is InChI=1S/C14H20FN3O4S/c1-14(2,7-6-12(19)17-3)18-13(20)10-8-9(23(16,21)22)4-5-11(10)15/h4-5,8H,6-7H2,1-3H3,(H,17,19)(H,18,20)(H2,16,21,22). The maximum absolute atomic E-state index is 13.8. The van der Waals surface area contributed by atoms with Crippen molar-refractivity contribution in [3.8, 4) is 0 Å². The van der Waals surface area contributed by atoms with E-state index < -0.39 is 32.9 Å². The highest BCUT2D eigenvalue weighted by Gasteiger charge is 2.24. The lowest BCUT2D eigenvalue weighted by Crippen LogP contribution is -2.44. The van der Waals surface area contributed by atoms with E-state index >= 15 is 0 Å². The Kier molecular flexibility index (Phi) is 5.84. The number of rotatable bonds is 6. The van der Waals surface area contributed by atoms with E-state index in [9.17, 15) is 22.4 Å². The molecule has 23 heavy (non-hydrogen) atoms. The van der Waals surface area contributed by atoms with E-state index in [2.05, 4.69) is 10.6 Å². The van der Waals surface area contributed by atoms with Crippen molar-refractivity contribution in [3.05, 3.63) is 29.6 Å². The van der Waals surface area contributed by atoms with Crippen molar-refractivity contribution >= 4 is 21.8 Å². The molecule has 0 aliphatic carbocycles. The molecule has 0 unspecified atom stereocenters. The van der Waals surface area contributed by atoms with Crippen molar-refractivity contribution < 1.29 is 22.4 Å². The van der Waals surface area contributed by atoms with Crippen LogP contribution in [0.4, 0.5) is 4.39 Å². The van der Waals surface area contributed by atoms with E-state index in [0.29, 0.717) is 6.42 Å². The molecule has 0 radical (unpaired) electrons. The molecule has 0 aliphatic rings. The van der Waals surface area contributed by atoms with Crippen molar-refractivity contribution in [2.45, 2.75) is 37.1 Å².